The minimum absolute atomic E-state index is 0. The zero-order valence-electron chi connectivity index (χ0n) is 12.3. The van der Waals surface area contributed by atoms with E-state index in [2.05, 4.69) is 25.8 Å². The zero-order chi connectivity index (χ0) is 13.2. The van der Waals surface area contributed by atoms with Crippen LogP contribution in [0.3, 0.4) is 0 Å². The van der Waals surface area contributed by atoms with Crippen LogP contribution >= 0.6 is 0 Å². The Hall–Kier alpha value is -0.550. The smallest absolute Gasteiger partial charge is 0.235 e. The lowest BCUT2D eigenvalue weighted by molar-refractivity contribution is -0.925. The van der Waals surface area contributed by atoms with Crippen LogP contribution in [0.15, 0.2) is 12.1 Å². The number of aromatic hydroxyl groups is 1. The highest BCUT2D eigenvalue weighted by Gasteiger charge is 2.27. The molecule has 0 aromatic carbocycles. The summed E-state index contributed by atoms with van der Waals surface area (Å²) in [5, 5.41) is 9.92. The normalized spacial score (nSPS) is 16.1. The molecule has 0 spiro atoms. The van der Waals surface area contributed by atoms with Crippen LogP contribution in [0.5, 0.6) is 5.75 Å². The largest absolute Gasteiger partial charge is 1.00 e. The number of rotatable bonds is 2. The lowest BCUT2D eigenvalue weighted by Gasteiger charge is -2.22. The van der Waals surface area contributed by atoms with Crippen molar-refractivity contribution in [3.05, 3.63) is 23.5 Å². The van der Waals surface area contributed by atoms with Crippen molar-refractivity contribution in [3.63, 3.8) is 0 Å². The van der Waals surface area contributed by atoms with Crippen LogP contribution < -0.4 is 34.7 Å². The van der Waals surface area contributed by atoms with Crippen molar-refractivity contribution in [1.82, 2.24) is 0 Å². The van der Waals surface area contributed by atoms with Gasteiger partial charge < -0.3 is 39.6 Å². The third-order valence-corrected chi connectivity index (χ3v) is 3.37. The van der Waals surface area contributed by atoms with Crippen molar-refractivity contribution >= 4 is 0 Å². The predicted octanol–water partition coefficient (Wildman–Crippen LogP) is -6.07. The molecule has 1 fully saturated rings. The summed E-state index contributed by atoms with van der Waals surface area (Å²) in [6, 6.07) is 3.78. The Morgan fingerprint density at radius 3 is 2.35 bits per heavy atom. The average Bonchev–Trinajstić information content (AvgIpc) is 2.31. The molecule has 2 heterocycles. The number of hydrogen-bond acceptors (Lipinski definition) is 2. The summed E-state index contributed by atoms with van der Waals surface area (Å²) in [7, 11) is 0. The van der Waals surface area contributed by atoms with Gasteiger partial charge in [0.25, 0.3) is 0 Å². The molecule has 116 valence electrons. The van der Waals surface area contributed by atoms with E-state index in [9.17, 15) is 5.11 Å². The van der Waals surface area contributed by atoms with Crippen LogP contribution in [0.2, 0.25) is 0 Å². The van der Waals surface area contributed by atoms with Gasteiger partial charge >= 0.3 is 0 Å². The van der Waals surface area contributed by atoms with Gasteiger partial charge in [-0.05, 0) is 6.07 Å². The molecule has 2 rings (SSSR count). The van der Waals surface area contributed by atoms with Gasteiger partial charge in [0.1, 0.15) is 13.1 Å². The zero-order valence-corrected chi connectivity index (χ0v) is 13.8. The molecule has 4 nitrogen and oxygen atoms in total. The average molecular weight is 323 g/mol. The maximum Gasteiger partial charge on any atom is 0.235 e. The summed E-state index contributed by atoms with van der Waals surface area (Å²) in [6.45, 7) is 11.1. The third kappa shape index (κ3) is 5.09. The monoisotopic (exact) mass is 322 g/mol. The summed E-state index contributed by atoms with van der Waals surface area (Å²) in [4.78, 5) is 4.92. The lowest BCUT2D eigenvalue weighted by Crippen LogP contribution is -3.13. The van der Waals surface area contributed by atoms with Gasteiger partial charge in [-0.3, -0.25) is 0 Å². The topological polar surface area (TPSA) is 48.0 Å². The van der Waals surface area contributed by atoms with E-state index in [0.29, 0.717) is 5.75 Å². The van der Waals surface area contributed by atoms with Gasteiger partial charge in [-0.2, -0.15) is 0 Å². The van der Waals surface area contributed by atoms with Gasteiger partial charge in [0.05, 0.1) is 18.6 Å². The van der Waals surface area contributed by atoms with Gasteiger partial charge in [0.15, 0.2) is 12.3 Å². The van der Waals surface area contributed by atoms with Gasteiger partial charge in [-0.1, -0.05) is 20.8 Å². The molecular weight excluding hydrogens is 299 g/mol. The number of morpholine rings is 1. The second kappa shape index (κ2) is 8.03. The Bertz CT molecular complexity index is 416. The van der Waals surface area contributed by atoms with Gasteiger partial charge in [-0.25, -0.2) is 4.98 Å². The molecule has 0 amide bonds. The first-order chi connectivity index (χ1) is 8.47. The molecule has 0 atom stereocenters. The van der Waals surface area contributed by atoms with Crippen LogP contribution in [-0.4, -0.2) is 31.4 Å². The molecule has 3 N–H and O–H groups in total. The molecular formula is C14H24Cl2N2O2. The van der Waals surface area contributed by atoms with Gasteiger partial charge in [0.2, 0.25) is 11.4 Å². The fraction of sp³-hybridized carbons (Fsp3) is 0.643. The molecule has 1 saturated heterocycles. The number of aromatic nitrogens is 1. The molecule has 1 aliphatic rings. The standard InChI is InChI=1S/C14H22N2O2.2ClH/c1-14(2,3)13-12(17)5-4-11(15-13)10-16-6-8-18-9-7-16;;/h4-5,17H,6-10H2,1-3H3;2*1H. The maximum atomic E-state index is 9.92. The van der Waals surface area contributed by atoms with Crippen molar-refractivity contribution in [2.24, 2.45) is 0 Å². The van der Waals surface area contributed by atoms with Crippen LogP contribution in [0.4, 0.5) is 0 Å². The van der Waals surface area contributed by atoms with Crippen LogP contribution in [0.25, 0.3) is 0 Å². The number of nitrogens with one attached hydrogen (secondary N) is 2. The first-order valence-corrected chi connectivity index (χ1v) is 6.63. The second-order valence-corrected chi connectivity index (χ2v) is 6.03. The number of H-pyrrole nitrogens is 1. The Labute approximate surface area is 133 Å². The summed E-state index contributed by atoms with van der Waals surface area (Å²) < 4.78 is 5.36. The van der Waals surface area contributed by atoms with Crippen LogP contribution in [0, 0.1) is 0 Å². The van der Waals surface area contributed by atoms with Gasteiger partial charge in [-0.15, -0.1) is 0 Å². The number of halogens is 2. The molecule has 0 radical (unpaired) electrons. The van der Waals surface area contributed by atoms with E-state index in [1.54, 1.807) is 6.07 Å². The Balaban J connectivity index is 0.00000180. The number of pyridine rings is 1. The highest BCUT2D eigenvalue weighted by atomic mass is 35.5. The molecule has 1 aliphatic heterocycles. The van der Waals surface area contributed by atoms with Crippen molar-refractivity contribution in [2.45, 2.75) is 32.7 Å². The quantitative estimate of drug-likeness (QED) is 0.569. The second-order valence-electron chi connectivity index (χ2n) is 6.03. The minimum Gasteiger partial charge on any atom is -1.00 e. The van der Waals surface area contributed by atoms with Crippen molar-refractivity contribution in [3.8, 4) is 5.75 Å². The molecule has 0 bridgehead atoms. The molecule has 1 aromatic heterocycles. The summed E-state index contributed by atoms with van der Waals surface area (Å²) in [5.74, 6) is 0.350. The Kier molecular flexibility index (Phi) is 7.81. The highest BCUT2D eigenvalue weighted by Crippen LogP contribution is 2.25. The van der Waals surface area contributed by atoms with E-state index >= 15 is 0 Å². The van der Waals surface area contributed by atoms with E-state index in [4.69, 9.17) is 4.74 Å². The predicted molar refractivity (Wildman–Crippen MR) is 68.6 cm³/mol. The summed E-state index contributed by atoms with van der Waals surface area (Å²) in [6.07, 6.45) is 0. The third-order valence-electron chi connectivity index (χ3n) is 3.37. The number of quaternary nitrogens is 1. The molecule has 0 aliphatic carbocycles. The summed E-state index contributed by atoms with van der Waals surface area (Å²) in [5.41, 5.74) is 2.02. The minimum atomic E-state index is -0.0690. The van der Waals surface area contributed by atoms with Crippen molar-refractivity contribution < 1.29 is 44.5 Å². The fourth-order valence-electron chi connectivity index (χ4n) is 2.31. The first kappa shape index (κ1) is 19.4. The van der Waals surface area contributed by atoms with Crippen LogP contribution in [-0.2, 0) is 16.7 Å². The molecule has 1 aromatic rings. The number of hydrogen-bond donors (Lipinski definition) is 2. The van der Waals surface area contributed by atoms with Crippen molar-refractivity contribution in [1.29, 1.82) is 0 Å². The van der Waals surface area contributed by atoms with E-state index in [1.807, 2.05) is 6.07 Å². The first-order valence-electron chi connectivity index (χ1n) is 6.63. The van der Waals surface area contributed by atoms with E-state index in [0.717, 1.165) is 38.5 Å². The molecule has 20 heavy (non-hydrogen) atoms. The van der Waals surface area contributed by atoms with Gasteiger partial charge in [0, 0.05) is 6.07 Å². The summed E-state index contributed by atoms with van der Waals surface area (Å²) >= 11 is 0. The Morgan fingerprint density at radius 1 is 1.20 bits per heavy atom. The van der Waals surface area contributed by atoms with E-state index in [-0.39, 0.29) is 30.2 Å². The molecule has 6 heteroatoms. The number of aromatic amines is 1. The van der Waals surface area contributed by atoms with E-state index in [1.165, 1.54) is 10.6 Å². The SMILES string of the molecule is CC(C)(C)c1[nH+]c(C[NH+]2CCOCC2)ccc1O.[Cl-].[Cl-]. The molecule has 0 unspecified atom stereocenters. The highest BCUT2D eigenvalue weighted by molar-refractivity contribution is 5.27. The molecule has 0 saturated carbocycles. The lowest BCUT2D eigenvalue weighted by atomic mass is 9.91. The maximum absolute atomic E-state index is 9.92. The number of ether oxygens (including phenoxy) is 1. The van der Waals surface area contributed by atoms with Crippen LogP contribution in [0.1, 0.15) is 32.2 Å². The van der Waals surface area contributed by atoms with E-state index < -0.39 is 0 Å². The Morgan fingerprint density at radius 2 is 1.80 bits per heavy atom. The fourth-order valence-corrected chi connectivity index (χ4v) is 2.31. The van der Waals surface area contributed by atoms with Crippen molar-refractivity contribution in [2.75, 3.05) is 26.3 Å².